The number of imidazole rings is 1. The van der Waals surface area contributed by atoms with E-state index in [0.717, 1.165) is 32.9 Å². The highest BCUT2D eigenvalue weighted by atomic mass is 16.3. The van der Waals surface area contributed by atoms with Gasteiger partial charge < -0.3 is 15.4 Å². The zero-order valence-corrected chi connectivity index (χ0v) is 14.7. The fraction of sp³-hybridized carbons (Fsp3) is 0.150. The number of H-pyrrole nitrogens is 1. The van der Waals surface area contributed by atoms with Crippen molar-refractivity contribution in [2.24, 2.45) is 0 Å². The average molecular weight is 362 g/mol. The van der Waals surface area contributed by atoms with Crippen LogP contribution < -0.4 is 5.32 Å². The van der Waals surface area contributed by atoms with Crippen molar-refractivity contribution in [1.82, 2.24) is 14.9 Å². The zero-order chi connectivity index (χ0) is 19.0. The van der Waals surface area contributed by atoms with Crippen LogP contribution in [0.4, 0.5) is 5.69 Å². The van der Waals surface area contributed by atoms with Gasteiger partial charge in [-0.25, -0.2) is 4.98 Å². The van der Waals surface area contributed by atoms with Gasteiger partial charge in [0.25, 0.3) is 11.8 Å². The third-order valence-corrected chi connectivity index (χ3v) is 4.39. The number of hydrogen-bond acceptors (Lipinski definition) is 5. The first kappa shape index (κ1) is 17.0. The maximum Gasteiger partial charge on any atom is 0.277 e. The third kappa shape index (κ3) is 3.20. The number of aromatic nitrogens is 2. The Labute approximate surface area is 155 Å². The van der Waals surface area contributed by atoms with E-state index in [-0.39, 0.29) is 18.8 Å². The smallest absolute Gasteiger partial charge is 0.277 e. The van der Waals surface area contributed by atoms with Gasteiger partial charge in [0.2, 0.25) is 0 Å². The number of aliphatic hydroxyl groups excluding tert-OH is 1. The number of imide groups is 1. The second-order valence-corrected chi connectivity index (χ2v) is 6.39. The quantitative estimate of drug-likeness (QED) is 0.605. The molecule has 3 aromatic rings. The summed E-state index contributed by atoms with van der Waals surface area (Å²) in [5.74, 6) is -0.150. The summed E-state index contributed by atoms with van der Waals surface area (Å²) in [5.41, 5.74) is 4.71. The van der Waals surface area contributed by atoms with Crippen molar-refractivity contribution >= 4 is 28.5 Å². The number of anilines is 1. The number of benzene rings is 2. The van der Waals surface area contributed by atoms with Gasteiger partial charge >= 0.3 is 0 Å². The van der Waals surface area contributed by atoms with Crippen LogP contribution in [-0.2, 0) is 9.59 Å². The number of aliphatic hydroxyl groups is 1. The number of carbonyl (C=O) groups is 2. The predicted molar refractivity (Wildman–Crippen MR) is 102 cm³/mol. The highest BCUT2D eigenvalue weighted by molar-refractivity contribution is 6.17. The second kappa shape index (κ2) is 6.69. The Hall–Kier alpha value is -3.45. The molecule has 27 heavy (non-hydrogen) atoms. The van der Waals surface area contributed by atoms with Crippen LogP contribution >= 0.6 is 0 Å². The Kier molecular flexibility index (Phi) is 4.21. The van der Waals surface area contributed by atoms with E-state index in [2.05, 4.69) is 15.3 Å². The van der Waals surface area contributed by atoms with E-state index in [0.29, 0.717) is 5.69 Å². The molecule has 0 saturated carbocycles. The van der Waals surface area contributed by atoms with Crippen LogP contribution in [0.25, 0.3) is 22.4 Å². The average Bonchev–Trinajstić information content (AvgIpc) is 3.18. The first-order valence-electron chi connectivity index (χ1n) is 8.57. The van der Waals surface area contributed by atoms with E-state index in [1.807, 2.05) is 49.4 Å². The number of nitrogens with zero attached hydrogens (tertiary/aromatic N) is 2. The van der Waals surface area contributed by atoms with Crippen molar-refractivity contribution in [2.45, 2.75) is 6.92 Å². The van der Waals surface area contributed by atoms with Crippen LogP contribution in [0, 0.1) is 6.92 Å². The number of rotatable bonds is 5. The lowest BCUT2D eigenvalue weighted by Crippen LogP contribution is -2.34. The molecule has 0 radical (unpaired) electrons. The highest BCUT2D eigenvalue weighted by Crippen LogP contribution is 2.25. The Morgan fingerprint density at radius 1 is 1.19 bits per heavy atom. The molecule has 0 bridgehead atoms. The first-order chi connectivity index (χ1) is 13.0. The van der Waals surface area contributed by atoms with E-state index in [9.17, 15) is 9.59 Å². The topological polar surface area (TPSA) is 98.3 Å². The van der Waals surface area contributed by atoms with E-state index in [4.69, 9.17) is 5.11 Å². The summed E-state index contributed by atoms with van der Waals surface area (Å²) in [5, 5.41) is 12.0. The van der Waals surface area contributed by atoms with Crippen LogP contribution in [0.2, 0.25) is 0 Å². The number of carbonyl (C=O) groups excluding carboxylic acids is 2. The molecule has 0 fully saturated rings. The van der Waals surface area contributed by atoms with Crippen molar-refractivity contribution in [2.75, 3.05) is 18.5 Å². The summed E-state index contributed by atoms with van der Waals surface area (Å²) in [6.45, 7) is 1.75. The lowest BCUT2D eigenvalue weighted by Gasteiger charge is -2.13. The molecule has 2 aromatic carbocycles. The van der Waals surface area contributed by atoms with Crippen LogP contribution in [0.5, 0.6) is 0 Å². The monoisotopic (exact) mass is 362 g/mol. The van der Waals surface area contributed by atoms with Crippen molar-refractivity contribution in [1.29, 1.82) is 0 Å². The number of β-amino-alcohol motifs (C(OH)–C–C–N with tert-alkyl or cyclic N) is 1. The first-order valence-corrected chi connectivity index (χ1v) is 8.57. The summed E-state index contributed by atoms with van der Waals surface area (Å²) >= 11 is 0. The summed E-state index contributed by atoms with van der Waals surface area (Å²) < 4.78 is 0. The number of fused-ring (bicyclic) bond motifs is 1. The summed E-state index contributed by atoms with van der Waals surface area (Å²) in [4.78, 5) is 33.0. The SMILES string of the molecule is Cc1ccc2nc(-c3cccc(NC4=CC(=O)N(CCO)C4=O)c3)[nH]c2c1. The van der Waals surface area contributed by atoms with Crippen molar-refractivity contribution < 1.29 is 14.7 Å². The number of nitrogens with one attached hydrogen (secondary N) is 2. The molecule has 1 aliphatic heterocycles. The molecule has 7 nitrogen and oxygen atoms in total. The third-order valence-electron chi connectivity index (χ3n) is 4.39. The Morgan fingerprint density at radius 2 is 2.04 bits per heavy atom. The van der Waals surface area contributed by atoms with Crippen LogP contribution in [-0.4, -0.2) is 44.9 Å². The molecule has 2 heterocycles. The molecule has 0 atom stereocenters. The van der Waals surface area contributed by atoms with Crippen LogP contribution in [0.1, 0.15) is 5.56 Å². The summed E-state index contributed by atoms with van der Waals surface area (Å²) in [7, 11) is 0. The Bertz CT molecular complexity index is 1080. The molecule has 0 saturated heterocycles. The van der Waals surface area contributed by atoms with Gasteiger partial charge in [-0.3, -0.25) is 14.5 Å². The molecular weight excluding hydrogens is 344 g/mol. The number of amides is 2. The van der Waals surface area contributed by atoms with E-state index < -0.39 is 11.8 Å². The van der Waals surface area contributed by atoms with Gasteiger partial charge in [0.05, 0.1) is 24.2 Å². The van der Waals surface area contributed by atoms with Crippen LogP contribution in [0.3, 0.4) is 0 Å². The zero-order valence-electron chi connectivity index (χ0n) is 14.7. The normalized spacial score (nSPS) is 14.1. The molecule has 1 aliphatic rings. The number of aromatic amines is 1. The summed E-state index contributed by atoms with van der Waals surface area (Å²) in [6, 6.07) is 13.5. The molecule has 136 valence electrons. The minimum absolute atomic E-state index is 0.0161. The largest absolute Gasteiger partial charge is 0.395 e. The number of aryl methyl sites for hydroxylation is 1. The molecule has 7 heteroatoms. The molecular formula is C20H18N4O3. The Morgan fingerprint density at radius 3 is 2.85 bits per heavy atom. The van der Waals surface area contributed by atoms with Gasteiger partial charge in [0, 0.05) is 17.3 Å². The molecule has 1 aromatic heterocycles. The van der Waals surface area contributed by atoms with Gasteiger partial charge in [-0.05, 0) is 36.8 Å². The van der Waals surface area contributed by atoms with E-state index >= 15 is 0 Å². The van der Waals surface area contributed by atoms with E-state index in [1.165, 1.54) is 6.08 Å². The highest BCUT2D eigenvalue weighted by Gasteiger charge is 2.30. The van der Waals surface area contributed by atoms with Crippen molar-refractivity contribution in [3.63, 3.8) is 0 Å². The molecule has 3 N–H and O–H groups in total. The Balaban J connectivity index is 1.60. The lowest BCUT2D eigenvalue weighted by atomic mass is 10.2. The molecule has 0 unspecified atom stereocenters. The molecule has 0 aliphatic carbocycles. The van der Waals surface area contributed by atoms with Crippen molar-refractivity contribution in [3.05, 3.63) is 59.8 Å². The molecule has 2 amide bonds. The maximum absolute atomic E-state index is 12.3. The summed E-state index contributed by atoms with van der Waals surface area (Å²) in [6.07, 6.45) is 1.24. The van der Waals surface area contributed by atoms with Gasteiger partial charge in [0.15, 0.2) is 0 Å². The van der Waals surface area contributed by atoms with Gasteiger partial charge in [0.1, 0.15) is 11.5 Å². The second-order valence-electron chi connectivity index (χ2n) is 6.39. The minimum atomic E-state index is -0.446. The van der Waals surface area contributed by atoms with Crippen molar-refractivity contribution in [3.8, 4) is 11.4 Å². The predicted octanol–water partition coefficient (Wildman–Crippen LogP) is 2.20. The van der Waals surface area contributed by atoms with Crippen LogP contribution in [0.15, 0.2) is 54.2 Å². The molecule has 4 rings (SSSR count). The minimum Gasteiger partial charge on any atom is -0.395 e. The van der Waals surface area contributed by atoms with Gasteiger partial charge in [-0.15, -0.1) is 0 Å². The molecule has 0 spiro atoms. The maximum atomic E-state index is 12.3. The van der Waals surface area contributed by atoms with Gasteiger partial charge in [-0.2, -0.15) is 0 Å². The fourth-order valence-electron chi connectivity index (χ4n) is 3.07. The standard InChI is InChI=1S/C20H18N4O3/c1-12-5-6-15-16(9-12)23-19(22-15)13-3-2-4-14(10-13)21-17-11-18(26)24(7-8-25)20(17)27/h2-6,9-11,21,25H,7-8H2,1H3,(H,22,23). The van der Waals surface area contributed by atoms with Gasteiger partial charge in [-0.1, -0.05) is 18.2 Å². The fourth-order valence-corrected chi connectivity index (χ4v) is 3.07. The number of hydrogen-bond donors (Lipinski definition) is 3. The van der Waals surface area contributed by atoms with E-state index in [1.54, 1.807) is 0 Å². The lowest BCUT2D eigenvalue weighted by molar-refractivity contribution is -0.137.